The number of halogens is 1. The van der Waals surface area contributed by atoms with E-state index < -0.39 is 0 Å². The maximum Gasteiger partial charge on any atom is 0.272 e. The quantitative estimate of drug-likeness (QED) is 0.849. The monoisotopic (exact) mass is 322 g/mol. The van der Waals surface area contributed by atoms with Gasteiger partial charge in [0, 0.05) is 17.2 Å². The number of hydrogen-bond donors (Lipinski definition) is 2. The number of nitrogens with one attached hydrogen (secondary N) is 1. The van der Waals surface area contributed by atoms with Gasteiger partial charge < -0.3 is 15.0 Å². The van der Waals surface area contributed by atoms with Crippen molar-refractivity contribution in [3.05, 3.63) is 46.2 Å². The number of aromatic nitrogens is 1. The maximum absolute atomic E-state index is 12.2. The molecule has 19 heavy (non-hydrogen) atoms. The molecule has 0 aliphatic rings. The van der Waals surface area contributed by atoms with Crippen LogP contribution in [0.2, 0.25) is 0 Å². The lowest BCUT2D eigenvalue weighted by atomic mass is 10.2. The zero-order valence-corrected chi connectivity index (χ0v) is 12.4. The van der Waals surface area contributed by atoms with Crippen LogP contribution in [-0.2, 0) is 6.54 Å². The molecule has 0 aliphatic heterocycles. The Kier molecular flexibility index (Phi) is 3.95. The third kappa shape index (κ3) is 2.98. The first kappa shape index (κ1) is 13.7. The van der Waals surface area contributed by atoms with Crippen LogP contribution in [0.4, 0.5) is 5.69 Å². The van der Waals surface area contributed by atoms with E-state index in [1.807, 2.05) is 30.7 Å². The van der Waals surface area contributed by atoms with Crippen LogP contribution in [0.3, 0.4) is 0 Å². The fourth-order valence-electron chi connectivity index (χ4n) is 1.86. The second-order valence-electron chi connectivity index (χ2n) is 4.30. The summed E-state index contributed by atoms with van der Waals surface area (Å²) in [6.07, 6.45) is 1.85. The predicted molar refractivity (Wildman–Crippen MR) is 78.6 cm³/mol. The molecule has 2 N–H and O–H groups in total. The average Bonchev–Trinajstić information content (AvgIpc) is 2.74. The van der Waals surface area contributed by atoms with Crippen LogP contribution >= 0.6 is 15.9 Å². The van der Waals surface area contributed by atoms with Crippen LogP contribution in [0, 0.1) is 6.92 Å². The van der Waals surface area contributed by atoms with Gasteiger partial charge in [-0.15, -0.1) is 0 Å². The van der Waals surface area contributed by atoms with E-state index in [0.717, 1.165) is 10.0 Å². The summed E-state index contributed by atoms with van der Waals surface area (Å²) < 4.78 is 2.69. The number of benzene rings is 1. The van der Waals surface area contributed by atoms with Gasteiger partial charge in [-0.25, -0.2) is 0 Å². The second kappa shape index (κ2) is 5.48. The fourth-order valence-corrected chi connectivity index (χ4v) is 2.32. The number of phenolic OH excluding ortho intramolecular Hbond substituents is 1. The van der Waals surface area contributed by atoms with Crippen molar-refractivity contribution >= 4 is 27.5 Å². The highest BCUT2D eigenvalue weighted by Gasteiger charge is 2.14. The van der Waals surface area contributed by atoms with E-state index in [1.54, 1.807) is 18.2 Å². The summed E-state index contributed by atoms with van der Waals surface area (Å²) in [5.74, 6) is -0.172. The van der Waals surface area contributed by atoms with Gasteiger partial charge in [-0.05, 0) is 53.5 Å². The van der Waals surface area contributed by atoms with Crippen molar-refractivity contribution in [3.8, 4) is 5.75 Å². The summed E-state index contributed by atoms with van der Waals surface area (Å²) in [5.41, 5.74) is 1.90. The van der Waals surface area contributed by atoms with Gasteiger partial charge in [0.2, 0.25) is 0 Å². The topological polar surface area (TPSA) is 54.3 Å². The standard InChI is InChI=1S/C14H15BrN2O2/c1-3-17-8-10(15)7-12(17)14(19)16-11-5-4-9(2)6-13(11)18/h4-8,18H,3H2,1-2H3,(H,16,19). The van der Waals surface area contributed by atoms with E-state index in [9.17, 15) is 9.90 Å². The van der Waals surface area contributed by atoms with Gasteiger partial charge in [0.25, 0.3) is 5.91 Å². The highest BCUT2D eigenvalue weighted by molar-refractivity contribution is 9.10. The molecule has 1 aromatic heterocycles. The first-order valence-corrected chi connectivity index (χ1v) is 6.77. The van der Waals surface area contributed by atoms with Gasteiger partial charge in [-0.1, -0.05) is 6.07 Å². The molecule has 1 amide bonds. The minimum Gasteiger partial charge on any atom is -0.506 e. The molecule has 0 saturated carbocycles. The van der Waals surface area contributed by atoms with E-state index in [1.165, 1.54) is 0 Å². The third-order valence-corrected chi connectivity index (χ3v) is 3.27. The molecule has 1 aromatic carbocycles. The van der Waals surface area contributed by atoms with E-state index in [4.69, 9.17) is 0 Å². The smallest absolute Gasteiger partial charge is 0.272 e. The van der Waals surface area contributed by atoms with Crippen molar-refractivity contribution < 1.29 is 9.90 Å². The highest BCUT2D eigenvalue weighted by Crippen LogP contribution is 2.25. The average molecular weight is 323 g/mol. The lowest BCUT2D eigenvalue weighted by molar-refractivity contribution is 0.101. The summed E-state index contributed by atoms with van der Waals surface area (Å²) in [4.78, 5) is 12.2. The first-order chi connectivity index (χ1) is 9.01. The molecule has 0 radical (unpaired) electrons. The third-order valence-electron chi connectivity index (χ3n) is 2.84. The molecule has 0 aliphatic carbocycles. The van der Waals surface area contributed by atoms with Crippen LogP contribution in [-0.4, -0.2) is 15.6 Å². The van der Waals surface area contributed by atoms with Crippen molar-refractivity contribution in [1.82, 2.24) is 4.57 Å². The molecular weight excluding hydrogens is 308 g/mol. The van der Waals surface area contributed by atoms with Crippen molar-refractivity contribution in [2.45, 2.75) is 20.4 Å². The number of aryl methyl sites for hydroxylation is 2. The number of carbonyl (C=O) groups is 1. The highest BCUT2D eigenvalue weighted by atomic mass is 79.9. The Bertz CT molecular complexity index is 620. The number of carbonyl (C=O) groups excluding carboxylic acids is 1. The Labute approximate surface area is 120 Å². The molecule has 0 atom stereocenters. The molecule has 2 rings (SSSR count). The number of hydrogen-bond acceptors (Lipinski definition) is 2. The normalized spacial score (nSPS) is 10.5. The van der Waals surface area contributed by atoms with Crippen molar-refractivity contribution in [2.24, 2.45) is 0 Å². The molecular formula is C14H15BrN2O2. The summed E-state index contributed by atoms with van der Waals surface area (Å²) in [5, 5.41) is 12.5. The van der Waals surface area contributed by atoms with Crippen LogP contribution in [0.25, 0.3) is 0 Å². The molecule has 4 nitrogen and oxygen atoms in total. The Morgan fingerprint density at radius 1 is 1.42 bits per heavy atom. The Balaban J connectivity index is 2.25. The number of nitrogens with zero attached hydrogens (tertiary/aromatic N) is 1. The summed E-state index contributed by atoms with van der Waals surface area (Å²) >= 11 is 3.35. The Morgan fingerprint density at radius 2 is 2.16 bits per heavy atom. The van der Waals surface area contributed by atoms with Gasteiger partial charge in [0.15, 0.2) is 0 Å². The zero-order valence-electron chi connectivity index (χ0n) is 10.8. The maximum atomic E-state index is 12.2. The number of aromatic hydroxyl groups is 1. The summed E-state index contributed by atoms with van der Waals surface area (Å²) in [6.45, 7) is 4.55. The number of phenols is 1. The van der Waals surface area contributed by atoms with Gasteiger partial charge in [-0.2, -0.15) is 0 Å². The Hall–Kier alpha value is -1.75. The molecule has 0 spiro atoms. The lowest BCUT2D eigenvalue weighted by Gasteiger charge is -2.09. The van der Waals surface area contributed by atoms with Crippen molar-refractivity contribution in [3.63, 3.8) is 0 Å². The minimum atomic E-state index is -0.244. The molecule has 1 heterocycles. The summed E-state index contributed by atoms with van der Waals surface area (Å²) in [7, 11) is 0. The number of rotatable bonds is 3. The second-order valence-corrected chi connectivity index (χ2v) is 5.22. The van der Waals surface area contributed by atoms with Crippen LogP contribution in [0.1, 0.15) is 23.0 Å². The molecule has 5 heteroatoms. The van der Waals surface area contributed by atoms with Crippen LogP contribution in [0.15, 0.2) is 34.9 Å². The van der Waals surface area contributed by atoms with E-state index in [0.29, 0.717) is 17.9 Å². The molecule has 0 saturated heterocycles. The van der Waals surface area contributed by atoms with Crippen LogP contribution < -0.4 is 5.32 Å². The molecule has 100 valence electrons. The van der Waals surface area contributed by atoms with Gasteiger partial charge in [-0.3, -0.25) is 4.79 Å². The summed E-state index contributed by atoms with van der Waals surface area (Å²) in [6, 6.07) is 6.90. The Morgan fingerprint density at radius 3 is 2.79 bits per heavy atom. The number of anilines is 1. The largest absolute Gasteiger partial charge is 0.506 e. The fraction of sp³-hybridized carbons (Fsp3) is 0.214. The first-order valence-electron chi connectivity index (χ1n) is 5.98. The SMILES string of the molecule is CCn1cc(Br)cc1C(=O)Nc1ccc(C)cc1O. The van der Waals surface area contributed by atoms with Gasteiger partial charge >= 0.3 is 0 Å². The van der Waals surface area contributed by atoms with E-state index >= 15 is 0 Å². The zero-order chi connectivity index (χ0) is 14.0. The van der Waals surface area contributed by atoms with Crippen LogP contribution in [0.5, 0.6) is 5.75 Å². The predicted octanol–water partition coefficient (Wildman–Crippen LogP) is 3.54. The van der Waals surface area contributed by atoms with Gasteiger partial charge in [0.05, 0.1) is 5.69 Å². The molecule has 0 bridgehead atoms. The van der Waals surface area contributed by atoms with Crippen molar-refractivity contribution in [1.29, 1.82) is 0 Å². The van der Waals surface area contributed by atoms with Crippen molar-refractivity contribution in [2.75, 3.05) is 5.32 Å². The lowest BCUT2D eigenvalue weighted by Crippen LogP contribution is -2.16. The minimum absolute atomic E-state index is 0.0713. The molecule has 2 aromatic rings. The van der Waals surface area contributed by atoms with Gasteiger partial charge in [0.1, 0.15) is 11.4 Å². The van der Waals surface area contributed by atoms with E-state index in [2.05, 4.69) is 21.2 Å². The van der Waals surface area contributed by atoms with E-state index in [-0.39, 0.29) is 11.7 Å². The molecule has 0 unspecified atom stereocenters. The molecule has 0 fully saturated rings. The number of amides is 1.